The maximum Gasteiger partial charge on any atom is 0.338 e. The van der Waals surface area contributed by atoms with E-state index in [1.807, 2.05) is 12.1 Å². The van der Waals surface area contributed by atoms with E-state index in [-0.39, 0.29) is 11.4 Å². The molecule has 0 spiro atoms. The first-order valence-corrected chi connectivity index (χ1v) is 9.28. The van der Waals surface area contributed by atoms with Crippen molar-refractivity contribution in [3.05, 3.63) is 70.4 Å². The largest absolute Gasteiger partial charge is 0.493 e. The van der Waals surface area contributed by atoms with Crippen molar-refractivity contribution in [3.8, 4) is 11.5 Å². The number of nitrogens with one attached hydrogen (secondary N) is 1. The van der Waals surface area contributed by atoms with E-state index in [0.29, 0.717) is 28.9 Å². The zero-order valence-corrected chi connectivity index (χ0v) is 17.1. The summed E-state index contributed by atoms with van der Waals surface area (Å²) >= 11 is 5.87. The number of aromatic nitrogens is 1. The predicted molar refractivity (Wildman–Crippen MR) is 109 cm³/mol. The van der Waals surface area contributed by atoms with Crippen LogP contribution in [0.15, 0.2) is 53.1 Å². The molecule has 0 saturated carbocycles. The molecule has 0 saturated heterocycles. The van der Waals surface area contributed by atoms with Gasteiger partial charge in [-0.2, -0.15) is 0 Å². The molecule has 156 valence electrons. The van der Waals surface area contributed by atoms with Crippen LogP contribution >= 0.6 is 11.6 Å². The standard InChI is InChI=1S/C21H19ClN2O6/c1-13-9-19(24-30-13)23-20(25)12-29-21(26)15-5-8-17(18(10-15)27-2)28-11-14-3-6-16(22)7-4-14/h3-10H,11-12H2,1-2H3,(H,23,24,25). The molecule has 0 unspecified atom stereocenters. The van der Waals surface area contributed by atoms with Gasteiger partial charge in [0.15, 0.2) is 23.9 Å². The van der Waals surface area contributed by atoms with Crippen molar-refractivity contribution >= 4 is 29.3 Å². The third kappa shape index (κ3) is 5.74. The molecule has 3 aromatic rings. The summed E-state index contributed by atoms with van der Waals surface area (Å²) in [5.74, 6) is 0.407. The Kier molecular flexibility index (Phi) is 6.92. The van der Waals surface area contributed by atoms with Crippen LogP contribution in [-0.2, 0) is 16.1 Å². The van der Waals surface area contributed by atoms with E-state index in [2.05, 4.69) is 10.5 Å². The molecule has 0 radical (unpaired) electrons. The smallest absolute Gasteiger partial charge is 0.338 e. The number of amides is 1. The van der Waals surface area contributed by atoms with Gasteiger partial charge in [-0.1, -0.05) is 28.9 Å². The molecule has 30 heavy (non-hydrogen) atoms. The SMILES string of the molecule is COc1cc(C(=O)OCC(=O)Nc2cc(C)on2)ccc1OCc1ccc(Cl)cc1. The summed E-state index contributed by atoms with van der Waals surface area (Å²) < 4.78 is 20.9. The van der Waals surface area contributed by atoms with Gasteiger partial charge in [0.05, 0.1) is 12.7 Å². The molecule has 1 aromatic heterocycles. The highest BCUT2D eigenvalue weighted by Gasteiger charge is 2.15. The minimum absolute atomic E-state index is 0.218. The molecule has 1 amide bonds. The predicted octanol–water partition coefficient (Wildman–Crippen LogP) is 4.02. The summed E-state index contributed by atoms with van der Waals surface area (Å²) in [6.45, 7) is 1.53. The lowest BCUT2D eigenvalue weighted by Crippen LogP contribution is -2.21. The average molecular weight is 431 g/mol. The van der Waals surface area contributed by atoms with E-state index >= 15 is 0 Å². The number of halogens is 1. The number of carbonyl (C=O) groups excluding carboxylic acids is 2. The molecular weight excluding hydrogens is 412 g/mol. The van der Waals surface area contributed by atoms with Crippen molar-refractivity contribution in [3.63, 3.8) is 0 Å². The lowest BCUT2D eigenvalue weighted by molar-refractivity contribution is -0.119. The Bertz CT molecular complexity index is 1030. The lowest BCUT2D eigenvalue weighted by Gasteiger charge is -2.12. The molecule has 0 aliphatic carbocycles. The molecule has 0 atom stereocenters. The lowest BCUT2D eigenvalue weighted by atomic mass is 10.2. The van der Waals surface area contributed by atoms with Gasteiger partial charge in [-0.3, -0.25) is 4.79 Å². The Morgan fingerprint density at radius 1 is 1.10 bits per heavy atom. The Balaban J connectivity index is 1.56. The second kappa shape index (κ2) is 9.80. The monoisotopic (exact) mass is 430 g/mol. The Morgan fingerprint density at radius 2 is 1.87 bits per heavy atom. The van der Waals surface area contributed by atoms with Crippen molar-refractivity contribution < 1.29 is 28.3 Å². The summed E-state index contributed by atoms with van der Waals surface area (Å²) in [5, 5.41) is 6.74. The second-order valence-corrected chi connectivity index (χ2v) is 6.66. The molecule has 8 nitrogen and oxygen atoms in total. The first-order chi connectivity index (χ1) is 14.4. The first kappa shape index (κ1) is 21.2. The molecule has 3 rings (SSSR count). The van der Waals surface area contributed by atoms with Gasteiger partial charge in [0.25, 0.3) is 5.91 Å². The Labute approximate surface area is 177 Å². The summed E-state index contributed by atoms with van der Waals surface area (Å²) in [6.07, 6.45) is 0. The fraction of sp³-hybridized carbons (Fsp3) is 0.190. The number of carbonyl (C=O) groups is 2. The Morgan fingerprint density at radius 3 is 2.53 bits per heavy atom. The highest BCUT2D eigenvalue weighted by Crippen LogP contribution is 2.29. The van der Waals surface area contributed by atoms with Gasteiger partial charge in [0, 0.05) is 11.1 Å². The van der Waals surface area contributed by atoms with Crippen LogP contribution in [0.25, 0.3) is 0 Å². The fourth-order valence-corrected chi connectivity index (χ4v) is 2.60. The van der Waals surface area contributed by atoms with Gasteiger partial charge in [0.2, 0.25) is 0 Å². The van der Waals surface area contributed by atoms with Gasteiger partial charge in [-0.25, -0.2) is 4.79 Å². The van der Waals surface area contributed by atoms with E-state index in [0.717, 1.165) is 5.56 Å². The molecule has 0 aliphatic rings. The summed E-state index contributed by atoms with van der Waals surface area (Å²) in [4.78, 5) is 24.1. The van der Waals surface area contributed by atoms with Gasteiger partial charge >= 0.3 is 5.97 Å². The van der Waals surface area contributed by atoms with Crippen LogP contribution < -0.4 is 14.8 Å². The molecule has 0 bridgehead atoms. The van der Waals surface area contributed by atoms with Crippen molar-refractivity contribution in [2.75, 3.05) is 19.0 Å². The number of hydrogen-bond donors (Lipinski definition) is 1. The number of aryl methyl sites for hydroxylation is 1. The molecule has 0 fully saturated rings. The quantitative estimate of drug-likeness (QED) is 0.538. The third-order valence-electron chi connectivity index (χ3n) is 3.94. The van der Waals surface area contributed by atoms with Gasteiger partial charge in [0.1, 0.15) is 12.4 Å². The van der Waals surface area contributed by atoms with E-state index in [1.165, 1.54) is 19.2 Å². The average Bonchev–Trinajstić information content (AvgIpc) is 3.15. The van der Waals surface area contributed by atoms with Crippen molar-refractivity contribution in [2.24, 2.45) is 0 Å². The minimum Gasteiger partial charge on any atom is -0.493 e. The van der Waals surface area contributed by atoms with Crippen LogP contribution in [-0.4, -0.2) is 30.7 Å². The molecule has 9 heteroatoms. The number of hydrogen-bond acceptors (Lipinski definition) is 7. The van der Waals surface area contributed by atoms with E-state index in [4.69, 9.17) is 30.3 Å². The highest BCUT2D eigenvalue weighted by molar-refractivity contribution is 6.30. The molecular formula is C21H19ClN2O6. The number of benzene rings is 2. The van der Waals surface area contributed by atoms with Gasteiger partial charge < -0.3 is 24.1 Å². The number of rotatable bonds is 8. The van der Waals surface area contributed by atoms with Crippen molar-refractivity contribution in [1.82, 2.24) is 5.16 Å². The number of ether oxygens (including phenoxy) is 3. The fourth-order valence-electron chi connectivity index (χ4n) is 2.47. The van der Waals surface area contributed by atoms with Crippen molar-refractivity contribution in [2.45, 2.75) is 13.5 Å². The Hall–Kier alpha value is -3.52. The van der Waals surface area contributed by atoms with Crippen LogP contribution in [0.2, 0.25) is 5.02 Å². The zero-order valence-electron chi connectivity index (χ0n) is 16.3. The molecule has 0 aliphatic heterocycles. The normalized spacial score (nSPS) is 10.4. The van der Waals surface area contributed by atoms with Crippen LogP contribution in [0.1, 0.15) is 21.7 Å². The number of anilines is 1. The van der Waals surface area contributed by atoms with Crippen LogP contribution in [0.4, 0.5) is 5.82 Å². The summed E-state index contributed by atoms with van der Waals surface area (Å²) in [5.41, 5.74) is 1.15. The zero-order chi connectivity index (χ0) is 21.5. The molecule has 1 heterocycles. The molecule has 2 aromatic carbocycles. The summed E-state index contributed by atoms with van der Waals surface area (Å²) in [7, 11) is 1.47. The van der Waals surface area contributed by atoms with Gasteiger partial charge in [-0.05, 0) is 42.8 Å². The number of esters is 1. The van der Waals surface area contributed by atoms with Crippen LogP contribution in [0, 0.1) is 6.92 Å². The topological polar surface area (TPSA) is 99.9 Å². The van der Waals surface area contributed by atoms with E-state index in [1.54, 1.807) is 31.2 Å². The maximum absolute atomic E-state index is 12.3. The number of nitrogens with zero attached hydrogens (tertiary/aromatic N) is 1. The van der Waals surface area contributed by atoms with E-state index < -0.39 is 18.5 Å². The minimum atomic E-state index is -0.677. The van der Waals surface area contributed by atoms with Gasteiger partial charge in [-0.15, -0.1) is 0 Å². The van der Waals surface area contributed by atoms with Crippen LogP contribution in [0.3, 0.4) is 0 Å². The van der Waals surface area contributed by atoms with Crippen molar-refractivity contribution in [1.29, 1.82) is 0 Å². The van der Waals surface area contributed by atoms with E-state index in [9.17, 15) is 9.59 Å². The highest BCUT2D eigenvalue weighted by atomic mass is 35.5. The summed E-state index contributed by atoms with van der Waals surface area (Å²) in [6, 6.07) is 13.4. The number of methoxy groups -OCH3 is 1. The molecule has 1 N–H and O–H groups in total. The van der Waals surface area contributed by atoms with Crippen LogP contribution in [0.5, 0.6) is 11.5 Å². The second-order valence-electron chi connectivity index (χ2n) is 6.23. The first-order valence-electron chi connectivity index (χ1n) is 8.90. The maximum atomic E-state index is 12.3. The third-order valence-corrected chi connectivity index (χ3v) is 4.19.